The summed E-state index contributed by atoms with van der Waals surface area (Å²) in [4.78, 5) is 0. The van der Waals surface area contributed by atoms with Crippen LogP contribution in [-0.2, 0) is 4.74 Å². The summed E-state index contributed by atoms with van der Waals surface area (Å²) in [6, 6.07) is 3.73. The molecule has 2 rings (SSSR count). The first-order valence-corrected chi connectivity index (χ1v) is 8.49. The topological polar surface area (TPSA) is 9.23 Å². The molecule has 1 aromatic rings. The Labute approximate surface area is 121 Å². The molecule has 2 atom stereocenters. The van der Waals surface area contributed by atoms with Crippen LogP contribution in [0, 0.1) is 11.6 Å². The second kappa shape index (κ2) is 6.95. The van der Waals surface area contributed by atoms with Gasteiger partial charge in [-0.25, -0.2) is 8.78 Å². The number of methoxy groups -OCH3 is 1. The number of hydrogen-bond donors (Lipinski definition) is 0. The maximum Gasteiger partial charge on any atom is 0.130 e. The van der Waals surface area contributed by atoms with Crippen molar-refractivity contribution in [1.29, 1.82) is 0 Å². The van der Waals surface area contributed by atoms with Gasteiger partial charge in [0.15, 0.2) is 0 Å². The number of rotatable bonds is 2. The number of halogens is 2. The predicted molar refractivity (Wildman–Crippen MR) is 80.5 cm³/mol. The van der Waals surface area contributed by atoms with Crippen molar-refractivity contribution in [2.24, 2.45) is 0 Å². The third-order valence-electron chi connectivity index (χ3n) is 2.85. The summed E-state index contributed by atoms with van der Waals surface area (Å²) in [6.07, 6.45) is -0.0857. The lowest BCUT2D eigenvalue weighted by molar-refractivity contribution is 0.0784. The molecule has 1 saturated heterocycles. The largest absolute Gasteiger partial charge is 0.378 e. The molecule has 0 aliphatic carbocycles. The highest BCUT2D eigenvalue weighted by Crippen LogP contribution is 2.59. The van der Waals surface area contributed by atoms with Crippen LogP contribution in [0.3, 0.4) is 0 Å². The number of ether oxygens (including phenoxy) is 1. The highest BCUT2D eigenvalue weighted by Gasteiger charge is 2.45. The Kier molecular flexibility index (Phi) is 6.15. The Morgan fingerprint density at radius 1 is 1.21 bits per heavy atom. The van der Waals surface area contributed by atoms with E-state index in [0.717, 1.165) is 6.07 Å². The van der Waals surface area contributed by atoms with Gasteiger partial charge in [-0.15, -0.1) is 0 Å². The van der Waals surface area contributed by atoms with Gasteiger partial charge in [-0.2, -0.15) is 0 Å². The summed E-state index contributed by atoms with van der Waals surface area (Å²) in [5, 5.41) is -0.0967. The molecule has 108 valence electrons. The van der Waals surface area contributed by atoms with Crippen LogP contribution >= 0.6 is 21.6 Å². The number of benzene rings is 1. The summed E-state index contributed by atoms with van der Waals surface area (Å²) in [5.41, 5.74) is 0.515. The highest BCUT2D eigenvalue weighted by molar-refractivity contribution is 8.77. The van der Waals surface area contributed by atoms with Crippen molar-refractivity contribution in [2.75, 3.05) is 7.11 Å². The van der Waals surface area contributed by atoms with E-state index >= 15 is 0 Å². The first-order chi connectivity index (χ1) is 8.95. The summed E-state index contributed by atoms with van der Waals surface area (Å²) >= 11 is 0. The first kappa shape index (κ1) is 16.8. The van der Waals surface area contributed by atoms with E-state index in [1.807, 2.05) is 13.8 Å². The molecule has 0 radical (unpaired) electrons. The van der Waals surface area contributed by atoms with Crippen LogP contribution in [0.5, 0.6) is 0 Å². The van der Waals surface area contributed by atoms with Crippen molar-refractivity contribution in [3.8, 4) is 0 Å². The Bertz CT molecular complexity index is 424. The average molecular weight is 306 g/mol. The molecule has 0 N–H and O–H groups in total. The van der Waals surface area contributed by atoms with Gasteiger partial charge in [-0.3, -0.25) is 0 Å². The molecule has 0 bridgehead atoms. The van der Waals surface area contributed by atoms with Gasteiger partial charge in [-0.1, -0.05) is 41.5 Å². The Morgan fingerprint density at radius 2 is 1.84 bits per heavy atom. The molecule has 0 saturated carbocycles. The van der Waals surface area contributed by atoms with E-state index in [9.17, 15) is 8.78 Å². The Balaban J connectivity index is 0.000000861. The fourth-order valence-corrected chi connectivity index (χ4v) is 5.56. The molecule has 5 heteroatoms. The lowest BCUT2D eigenvalue weighted by Gasteiger charge is -2.27. The van der Waals surface area contributed by atoms with Crippen LogP contribution in [0.2, 0.25) is 0 Å². The van der Waals surface area contributed by atoms with E-state index < -0.39 is 11.6 Å². The molecule has 1 nitrogen and oxygen atoms in total. The first-order valence-electron chi connectivity index (χ1n) is 6.28. The van der Waals surface area contributed by atoms with Crippen LogP contribution in [-0.4, -0.2) is 18.0 Å². The summed E-state index contributed by atoms with van der Waals surface area (Å²) in [7, 11) is 4.90. The Morgan fingerprint density at radius 3 is 2.37 bits per heavy atom. The van der Waals surface area contributed by atoms with Crippen molar-refractivity contribution in [3.05, 3.63) is 35.4 Å². The lowest BCUT2D eigenvalue weighted by atomic mass is 9.97. The molecule has 1 heterocycles. The zero-order valence-electron chi connectivity index (χ0n) is 11.9. The normalized spacial score (nSPS) is 24.8. The second-order valence-electron chi connectivity index (χ2n) is 4.53. The zero-order chi connectivity index (χ0) is 14.6. The van der Waals surface area contributed by atoms with Gasteiger partial charge in [0.25, 0.3) is 0 Å². The van der Waals surface area contributed by atoms with Gasteiger partial charge in [0, 0.05) is 23.5 Å². The molecular weight excluding hydrogens is 286 g/mol. The minimum atomic E-state index is -0.546. The van der Waals surface area contributed by atoms with Crippen molar-refractivity contribution >= 4 is 21.6 Å². The smallest absolute Gasteiger partial charge is 0.130 e. The zero-order valence-corrected chi connectivity index (χ0v) is 13.5. The van der Waals surface area contributed by atoms with Crippen LogP contribution in [0.4, 0.5) is 8.78 Å². The molecule has 1 aliphatic rings. The molecule has 0 amide bonds. The third-order valence-corrected chi connectivity index (χ3v) is 6.52. The molecule has 19 heavy (non-hydrogen) atoms. The predicted octanol–water partition coefficient (Wildman–Crippen LogP) is 5.22. The average Bonchev–Trinajstić information content (AvgIpc) is 2.67. The molecule has 0 spiro atoms. The summed E-state index contributed by atoms with van der Waals surface area (Å²) in [5.74, 6) is -1.04. The number of hydrogen-bond acceptors (Lipinski definition) is 3. The fourth-order valence-electron chi connectivity index (χ4n) is 1.99. The molecule has 0 aromatic heterocycles. The van der Waals surface area contributed by atoms with Crippen LogP contribution < -0.4 is 0 Å². The maximum absolute atomic E-state index is 13.7. The van der Waals surface area contributed by atoms with E-state index in [1.54, 1.807) is 28.7 Å². The van der Waals surface area contributed by atoms with Crippen LogP contribution in [0.15, 0.2) is 18.2 Å². The van der Waals surface area contributed by atoms with Gasteiger partial charge in [0.05, 0.1) is 11.4 Å². The van der Waals surface area contributed by atoms with E-state index in [0.29, 0.717) is 5.56 Å². The maximum atomic E-state index is 13.7. The van der Waals surface area contributed by atoms with E-state index in [2.05, 4.69) is 13.8 Å². The monoisotopic (exact) mass is 306 g/mol. The van der Waals surface area contributed by atoms with Gasteiger partial charge in [0.1, 0.15) is 11.6 Å². The van der Waals surface area contributed by atoms with E-state index in [4.69, 9.17) is 4.74 Å². The van der Waals surface area contributed by atoms with Crippen molar-refractivity contribution in [2.45, 2.75) is 43.8 Å². The van der Waals surface area contributed by atoms with E-state index in [1.165, 1.54) is 12.1 Å². The van der Waals surface area contributed by atoms with Crippen molar-refractivity contribution < 1.29 is 13.5 Å². The van der Waals surface area contributed by atoms with E-state index in [-0.39, 0.29) is 16.1 Å². The summed E-state index contributed by atoms with van der Waals surface area (Å²) in [6.45, 7) is 8.14. The molecule has 2 unspecified atom stereocenters. The van der Waals surface area contributed by atoms with Crippen molar-refractivity contribution in [1.82, 2.24) is 0 Å². The summed E-state index contributed by atoms with van der Waals surface area (Å²) < 4.78 is 32.0. The second-order valence-corrected chi connectivity index (χ2v) is 7.52. The Hall–Kier alpha value is -0.260. The minimum Gasteiger partial charge on any atom is -0.378 e. The third kappa shape index (κ3) is 3.64. The minimum absolute atomic E-state index is 0.0785. The van der Waals surface area contributed by atoms with Gasteiger partial charge in [0.2, 0.25) is 0 Å². The van der Waals surface area contributed by atoms with Crippen molar-refractivity contribution in [3.63, 3.8) is 0 Å². The fraction of sp³-hybridized carbons (Fsp3) is 0.571. The molecule has 1 aromatic carbocycles. The van der Waals surface area contributed by atoms with Gasteiger partial charge < -0.3 is 4.74 Å². The van der Waals surface area contributed by atoms with Gasteiger partial charge >= 0.3 is 0 Å². The SMILES string of the molecule is CC.COC1C(c2ccc(F)cc2F)SSC1(C)C. The van der Waals surface area contributed by atoms with Crippen LogP contribution in [0.25, 0.3) is 0 Å². The molecule has 1 aliphatic heterocycles. The molecule has 1 fully saturated rings. The standard InChI is InChI=1S/C12H14F2OS2.C2H6/c1-12(2)11(15-3)10(16-17-12)8-5-4-7(13)6-9(8)14;1-2/h4-6,10-11H,1-3H3;1-2H3. The molecular formula is C14H20F2OS2. The lowest BCUT2D eigenvalue weighted by Crippen LogP contribution is -2.33. The highest BCUT2D eigenvalue weighted by atomic mass is 33.1. The van der Waals surface area contributed by atoms with Gasteiger partial charge in [-0.05, 0) is 19.9 Å². The quantitative estimate of drug-likeness (QED) is 0.693. The van der Waals surface area contributed by atoms with Crippen LogP contribution in [0.1, 0.15) is 38.5 Å².